The van der Waals surface area contributed by atoms with Gasteiger partial charge in [-0.25, -0.2) is 4.79 Å². The van der Waals surface area contributed by atoms with Crippen LogP contribution in [0.5, 0.6) is 0 Å². The SMILES string of the molecule is CC(C)N1CC2CN(C)CC(C1)C2N1Cc2ccccc2NC1=O. The van der Waals surface area contributed by atoms with Crippen LogP contribution in [0, 0.1) is 11.8 Å². The van der Waals surface area contributed by atoms with Gasteiger partial charge >= 0.3 is 6.03 Å². The Bertz CT molecular complexity index is 616. The van der Waals surface area contributed by atoms with Crippen LogP contribution in [-0.2, 0) is 6.54 Å². The Kier molecular flexibility index (Phi) is 4.01. The van der Waals surface area contributed by atoms with E-state index in [0.29, 0.717) is 23.9 Å². The lowest BCUT2D eigenvalue weighted by molar-refractivity contribution is -0.0404. The predicted octanol–water partition coefficient (Wildman–Crippen LogP) is 2.30. The molecule has 5 heteroatoms. The number of fused-ring (bicyclic) bond motifs is 3. The lowest BCUT2D eigenvalue weighted by Crippen LogP contribution is -2.66. The standard InChI is InChI=1S/C19H28N4O/c1-13(2)22-10-15-8-21(3)9-16(11-22)18(15)23-12-14-6-4-5-7-17(14)20-19(23)24/h4-7,13,15-16,18H,8-12H2,1-3H3,(H,20,24). The van der Waals surface area contributed by atoms with Gasteiger partial charge in [-0.2, -0.15) is 0 Å². The van der Waals surface area contributed by atoms with Gasteiger partial charge in [0, 0.05) is 62.3 Å². The van der Waals surface area contributed by atoms with Gasteiger partial charge < -0.3 is 20.0 Å². The number of hydrogen-bond donors (Lipinski definition) is 1. The van der Waals surface area contributed by atoms with E-state index in [1.54, 1.807) is 0 Å². The van der Waals surface area contributed by atoms with Crippen molar-refractivity contribution < 1.29 is 4.79 Å². The molecule has 1 aromatic rings. The number of rotatable bonds is 2. The van der Waals surface area contributed by atoms with Gasteiger partial charge in [-0.15, -0.1) is 0 Å². The van der Waals surface area contributed by atoms with E-state index in [1.165, 1.54) is 5.56 Å². The molecule has 24 heavy (non-hydrogen) atoms. The molecular formula is C19H28N4O. The average Bonchev–Trinajstić information content (AvgIpc) is 2.53. The summed E-state index contributed by atoms with van der Waals surface area (Å²) < 4.78 is 0. The molecule has 2 fully saturated rings. The van der Waals surface area contributed by atoms with Crippen molar-refractivity contribution in [1.82, 2.24) is 14.7 Å². The van der Waals surface area contributed by atoms with E-state index in [1.807, 2.05) is 12.1 Å². The van der Waals surface area contributed by atoms with Gasteiger partial charge in [0.05, 0.1) is 0 Å². The zero-order valence-electron chi connectivity index (χ0n) is 14.9. The first-order chi connectivity index (χ1) is 11.5. The highest BCUT2D eigenvalue weighted by molar-refractivity contribution is 5.92. The maximum Gasteiger partial charge on any atom is 0.322 e. The minimum Gasteiger partial charge on any atom is -0.316 e. The third kappa shape index (κ3) is 2.70. The van der Waals surface area contributed by atoms with Gasteiger partial charge in [-0.1, -0.05) is 18.2 Å². The number of urea groups is 1. The second kappa shape index (κ2) is 6.05. The van der Waals surface area contributed by atoms with Crippen LogP contribution in [0.1, 0.15) is 19.4 Å². The monoisotopic (exact) mass is 328 g/mol. The Balaban J connectivity index is 1.61. The summed E-state index contributed by atoms with van der Waals surface area (Å²) in [4.78, 5) is 19.9. The van der Waals surface area contributed by atoms with E-state index in [9.17, 15) is 4.79 Å². The molecule has 0 radical (unpaired) electrons. The summed E-state index contributed by atoms with van der Waals surface area (Å²) in [5.74, 6) is 1.06. The molecule has 1 N–H and O–H groups in total. The Morgan fingerprint density at radius 3 is 2.42 bits per heavy atom. The molecule has 1 aromatic carbocycles. The van der Waals surface area contributed by atoms with Crippen LogP contribution >= 0.6 is 0 Å². The summed E-state index contributed by atoms with van der Waals surface area (Å²) in [7, 11) is 2.22. The van der Waals surface area contributed by atoms with Gasteiger partial charge in [0.1, 0.15) is 0 Å². The van der Waals surface area contributed by atoms with E-state index in [2.05, 4.69) is 53.0 Å². The van der Waals surface area contributed by atoms with E-state index < -0.39 is 0 Å². The molecule has 3 aliphatic rings. The lowest BCUT2D eigenvalue weighted by atomic mass is 9.78. The molecule has 0 saturated carbocycles. The maximum atomic E-state index is 12.8. The number of amides is 2. The number of carbonyl (C=O) groups excluding carboxylic acids is 1. The Hall–Kier alpha value is -1.59. The molecule has 2 atom stereocenters. The molecule has 3 aliphatic heterocycles. The molecule has 0 spiro atoms. The van der Waals surface area contributed by atoms with Gasteiger partial charge in [-0.3, -0.25) is 0 Å². The summed E-state index contributed by atoms with van der Waals surface area (Å²) in [5, 5.41) is 3.10. The van der Waals surface area contributed by atoms with Crippen molar-refractivity contribution in [2.24, 2.45) is 11.8 Å². The fraction of sp³-hybridized carbons (Fsp3) is 0.632. The van der Waals surface area contributed by atoms with E-state index >= 15 is 0 Å². The van der Waals surface area contributed by atoms with Crippen molar-refractivity contribution in [3.05, 3.63) is 29.8 Å². The van der Waals surface area contributed by atoms with E-state index in [0.717, 1.165) is 38.4 Å². The Morgan fingerprint density at radius 1 is 1.08 bits per heavy atom. The number of hydrogen-bond acceptors (Lipinski definition) is 3. The molecule has 0 aliphatic carbocycles. The third-order valence-electron chi connectivity index (χ3n) is 5.95. The molecule has 2 bridgehead atoms. The highest BCUT2D eigenvalue weighted by atomic mass is 16.2. The van der Waals surface area contributed by atoms with Crippen molar-refractivity contribution in [2.45, 2.75) is 32.5 Å². The number of para-hydroxylation sites is 1. The highest BCUT2D eigenvalue weighted by Crippen LogP contribution is 2.36. The van der Waals surface area contributed by atoms with Crippen LogP contribution in [0.15, 0.2) is 24.3 Å². The van der Waals surface area contributed by atoms with Crippen molar-refractivity contribution >= 4 is 11.7 Å². The van der Waals surface area contributed by atoms with Gasteiger partial charge in [0.2, 0.25) is 0 Å². The fourth-order valence-corrected chi connectivity index (χ4v) is 4.88. The van der Waals surface area contributed by atoms with Crippen molar-refractivity contribution in [2.75, 3.05) is 38.5 Å². The second-order valence-electron chi connectivity index (χ2n) is 7.99. The summed E-state index contributed by atoms with van der Waals surface area (Å²) in [6.45, 7) is 9.65. The van der Waals surface area contributed by atoms with Gasteiger partial charge in [0.15, 0.2) is 0 Å². The summed E-state index contributed by atoms with van der Waals surface area (Å²) >= 11 is 0. The minimum absolute atomic E-state index is 0.0799. The lowest BCUT2D eigenvalue weighted by Gasteiger charge is -2.55. The predicted molar refractivity (Wildman–Crippen MR) is 96.0 cm³/mol. The number of likely N-dealkylation sites (tertiary alicyclic amines) is 2. The summed E-state index contributed by atoms with van der Waals surface area (Å²) in [6.07, 6.45) is 0. The van der Waals surface area contributed by atoms with Crippen LogP contribution in [0.25, 0.3) is 0 Å². The molecule has 2 amide bonds. The molecule has 4 rings (SSSR count). The van der Waals surface area contributed by atoms with E-state index in [4.69, 9.17) is 0 Å². The van der Waals surface area contributed by atoms with Gasteiger partial charge in [0.25, 0.3) is 0 Å². The zero-order valence-corrected chi connectivity index (χ0v) is 14.9. The van der Waals surface area contributed by atoms with E-state index in [-0.39, 0.29) is 6.03 Å². The number of carbonyl (C=O) groups is 1. The second-order valence-corrected chi connectivity index (χ2v) is 7.99. The number of piperidine rings is 2. The van der Waals surface area contributed by atoms with Crippen LogP contribution in [0.4, 0.5) is 10.5 Å². The Morgan fingerprint density at radius 2 is 1.75 bits per heavy atom. The molecule has 130 valence electrons. The van der Waals surface area contributed by atoms with Crippen LogP contribution in [0.2, 0.25) is 0 Å². The van der Waals surface area contributed by atoms with Crippen LogP contribution in [-0.4, -0.2) is 66.0 Å². The number of benzene rings is 1. The largest absolute Gasteiger partial charge is 0.322 e. The number of anilines is 1. The molecule has 0 aromatic heterocycles. The zero-order chi connectivity index (χ0) is 16.8. The highest BCUT2D eigenvalue weighted by Gasteiger charge is 2.46. The number of nitrogens with zero attached hydrogens (tertiary/aromatic N) is 3. The summed E-state index contributed by atoms with van der Waals surface area (Å²) in [6, 6.07) is 9.19. The Labute approximate surface area is 144 Å². The normalized spacial score (nSPS) is 31.1. The fourth-order valence-electron chi connectivity index (χ4n) is 4.88. The minimum atomic E-state index is 0.0799. The van der Waals surface area contributed by atoms with Crippen LogP contribution < -0.4 is 5.32 Å². The van der Waals surface area contributed by atoms with Gasteiger partial charge in [-0.05, 0) is 32.5 Å². The smallest absolute Gasteiger partial charge is 0.316 e. The number of nitrogens with one attached hydrogen (secondary N) is 1. The van der Waals surface area contributed by atoms with Crippen LogP contribution in [0.3, 0.4) is 0 Å². The van der Waals surface area contributed by atoms with Crippen molar-refractivity contribution in [3.63, 3.8) is 0 Å². The first-order valence-electron chi connectivity index (χ1n) is 9.11. The van der Waals surface area contributed by atoms with Crippen molar-refractivity contribution in [3.8, 4) is 0 Å². The molecular weight excluding hydrogens is 300 g/mol. The first-order valence-corrected chi connectivity index (χ1v) is 9.11. The molecule has 3 heterocycles. The molecule has 5 nitrogen and oxygen atoms in total. The first kappa shape index (κ1) is 15.9. The molecule has 2 unspecified atom stereocenters. The quantitative estimate of drug-likeness (QED) is 0.905. The average molecular weight is 328 g/mol. The topological polar surface area (TPSA) is 38.8 Å². The molecule has 2 saturated heterocycles. The van der Waals surface area contributed by atoms with Crippen molar-refractivity contribution in [1.29, 1.82) is 0 Å². The third-order valence-corrected chi connectivity index (χ3v) is 5.95. The maximum absolute atomic E-state index is 12.8. The summed E-state index contributed by atoms with van der Waals surface area (Å²) in [5.41, 5.74) is 2.20.